The van der Waals surface area contributed by atoms with Crippen LogP contribution in [0, 0.1) is 0 Å². The summed E-state index contributed by atoms with van der Waals surface area (Å²) in [5.41, 5.74) is 0.603. The van der Waals surface area contributed by atoms with E-state index in [9.17, 15) is 13.2 Å². The molecule has 0 radical (unpaired) electrons. The number of amides is 1. The van der Waals surface area contributed by atoms with Gasteiger partial charge < -0.3 is 10.1 Å². The van der Waals surface area contributed by atoms with Gasteiger partial charge in [0.15, 0.2) is 0 Å². The van der Waals surface area contributed by atoms with Gasteiger partial charge in [0.25, 0.3) is 0 Å². The van der Waals surface area contributed by atoms with Crippen LogP contribution in [0.4, 0.5) is 0 Å². The zero-order valence-corrected chi connectivity index (χ0v) is 15.3. The number of ether oxygens (including phenoxy) is 1. The summed E-state index contributed by atoms with van der Waals surface area (Å²) in [5.74, 6) is 0.0576. The van der Waals surface area contributed by atoms with E-state index in [4.69, 9.17) is 4.74 Å². The summed E-state index contributed by atoms with van der Waals surface area (Å²) in [6.07, 6.45) is 7.36. The zero-order chi connectivity index (χ0) is 18.0. The van der Waals surface area contributed by atoms with Crippen LogP contribution in [0.5, 0.6) is 5.75 Å². The first-order valence-corrected chi connectivity index (χ1v) is 9.50. The molecule has 0 aliphatic rings. The summed E-state index contributed by atoms with van der Waals surface area (Å²) >= 11 is 0. The third-order valence-electron chi connectivity index (χ3n) is 3.50. The van der Waals surface area contributed by atoms with E-state index in [0.717, 1.165) is 19.3 Å². The summed E-state index contributed by atoms with van der Waals surface area (Å²) in [5, 5.41) is 2.81. The van der Waals surface area contributed by atoms with E-state index < -0.39 is 10.0 Å². The molecule has 0 saturated carbocycles. The number of rotatable bonds is 10. The minimum absolute atomic E-state index is 0.0367. The van der Waals surface area contributed by atoms with E-state index in [2.05, 4.69) is 17.0 Å². The Hall–Kier alpha value is -1.86. The van der Waals surface area contributed by atoms with Crippen LogP contribution in [0.15, 0.2) is 29.2 Å². The minimum atomic E-state index is -3.63. The molecule has 0 aromatic heterocycles. The lowest BCUT2D eigenvalue weighted by atomic mass is 10.2. The van der Waals surface area contributed by atoms with Crippen molar-refractivity contribution < 1.29 is 17.9 Å². The van der Waals surface area contributed by atoms with Crippen LogP contribution in [0.25, 0.3) is 6.08 Å². The highest BCUT2D eigenvalue weighted by Crippen LogP contribution is 2.25. The van der Waals surface area contributed by atoms with Crippen LogP contribution in [0.3, 0.4) is 0 Å². The first-order chi connectivity index (χ1) is 11.4. The molecule has 7 heteroatoms. The molecule has 0 aliphatic heterocycles. The van der Waals surface area contributed by atoms with Crippen molar-refractivity contribution in [3.63, 3.8) is 0 Å². The zero-order valence-electron chi connectivity index (χ0n) is 14.5. The topological polar surface area (TPSA) is 84.5 Å². The van der Waals surface area contributed by atoms with Crippen molar-refractivity contribution in [2.24, 2.45) is 0 Å². The number of unbranched alkanes of at least 4 members (excludes halogenated alkanes) is 3. The van der Waals surface area contributed by atoms with Crippen molar-refractivity contribution in [3.8, 4) is 5.75 Å². The van der Waals surface area contributed by atoms with E-state index in [1.807, 2.05) is 0 Å². The van der Waals surface area contributed by atoms with Gasteiger partial charge in [-0.3, -0.25) is 4.79 Å². The molecule has 1 aromatic carbocycles. The molecule has 1 rings (SSSR count). The molecule has 134 valence electrons. The Morgan fingerprint density at radius 1 is 1.25 bits per heavy atom. The summed E-state index contributed by atoms with van der Waals surface area (Å²) in [4.78, 5) is 11.8. The van der Waals surface area contributed by atoms with Gasteiger partial charge in [-0.25, -0.2) is 13.1 Å². The molecule has 24 heavy (non-hydrogen) atoms. The summed E-state index contributed by atoms with van der Waals surface area (Å²) in [6, 6.07) is 4.72. The van der Waals surface area contributed by atoms with Crippen molar-refractivity contribution in [3.05, 3.63) is 29.8 Å². The molecule has 1 aromatic rings. The minimum Gasteiger partial charge on any atom is -0.495 e. The number of carbonyl (C=O) groups excluding carboxylic acids is 1. The highest BCUT2D eigenvalue weighted by molar-refractivity contribution is 7.89. The fraction of sp³-hybridized carbons (Fsp3) is 0.471. The van der Waals surface area contributed by atoms with Crippen LogP contribution in [-0.4, -0.2) is 35.0 Å². The second-order valence-corrected chi connectivity index (χ2v) is 7.16. The van der Waals surface area contributed by atoms with Crippen molar-refractivity contribution in [2.45, 2.75) is 37.5 Å². The molecule has 0 atom stereocenters. The van der Waals surface area contributed by atoms with Crippen LogP contribution < -0.4 is 14.8 Å². The number of carbonyl (C=O) groups is 1. The van der Waals surface area contributed by atoms with Crippen molar-refractivity contribution in [2.75, 3.05) is 20.7 Å². The van der Waals surface area contributed by atoms with Crippen LogP contribution >= 0.6 is 0 Å². The molecule has 0 heterocycles. The molecular formula is C17H26N2O4S. The van der Waals surface area contributed by atoms with Crippen LogP contribution in [0.2, 0.25) is 0 Å². The Balaban J connectivity index is 2.74. The molecule has 0 spiro atoms. The maximum absolute atomic E-state index is 12.0. The average molecular weight is 354 g/mol. The average Bonchev–Trinajstić information content (AvgIpc) is 2.59. The highest BCUT2D eigenvalue weighted by atomic mass is 32.2. The highest BCUT2D eigenvalue weighted by Gasteiger charge is 2.17. The first-order valence-electron chi connectivity index (χ1n) is 8.02. The van der Waals surface area contributed by atoms with Gasteiger partial charge in [-0.2, -0.15) is 0 Å². The summed E-state index contributed by atoms with van der Waals surface area (Å²) < 4.78 is 31.3. The maximum atomic E-state index is 12.0. The lowest BCUT2D eigenvalue weighted by Gasteiger charge is -2.09. The normalized spacial score (nSPS) is 11.6. The van der Waals surface area contributed by atoms with Gasteiger partial charge in [-0.1, -0.05) is 32.3 Å². The fourth-order valence-electron chi connectivity index (χ4n) is 2.11. The lowest BCUT2D eigenvalue weighted by molar-refractivity contribution is -0.116. The SMILES string of the molecule is CCCCCCNC(=O)/C=C/c1ccc(OC)c(S(=O)(=O)NC)c1. The van der Waals surface area contributed by atoms with Crippen LogP contribution in [-0.2, 0) is 14.8 Å². The van der Waals surface area contributed by atoms with Gasteiger partial charge in [0.1, 0.15) is 10.6 Å². The summed E-state index contributed by atoms with van der Waals surface area (Å²) in [7, 11) is -0.890. The largest absolute Gasteiger partial charge is 0.495 e. The van der Waals surface area contributed by atoms with E-state index in [1.54, 1.807) is 18.2 Å². The van der Waals surface area contributed by atoms with E-state index in [-0.39, 0.29) is 16.6 Å². The predicted octanol–water partition coefficient (Wildman–Crippen LogP) is 2.31. The Morgan fingerprint density at radius 3 is 2.62 bits per heavy atom. The van der Waals surface area contributed by atoms with E-state index in [0.29, 0.717) is 12.1 Å². The van der Waals surface area contributed by atoms with Gasteiger partial charge in [0.05, 0.1) is 7.11 Å². The Kier molecular flexibility index (Phi) is 8.49. The van der Waals surface area contributed by atoms with Crippen LogP contribution in [0.1, 0.15) is 38.2 Å². The summed E-state index contributed by atoms with van der Waals surface area (Å²) in [6.45, 7) is 2.78. The monoisotopic (exact) mass is 354 g/mol. The van der Waals surface area contributed by atoms with Gasteiger partial charge in [-0.05, 0) is 37.2 Å². The first kappa shape index (κ1) is 20.2. The smallest absolute Gasteiger partial charge is 0.244 e. The van der Waals surface area contributed by atoms with Gasteiger partial charge in [0, 0.05) is 12.6 Å². The second kappa shape index (κ2) is 10.1. The van der Waals surface area contributed by atoms with Gasteiger partial charge in [0.2, 0.25) is 15.9 Å². The quantitative estimate of drug-likeness (QED) is 0.499. The number of benzene rings is 1. The van der Waals surface area contributed by atoms with Gasteiger partial charge in [-0.15, -0.1) is 0 Å². The maximum Gasteiger partial charge on any atom is 0.244 e. The van der Waals surface area contributed by atoms with Gasteiger partial charge >= 0.3 is 0 Å². The van der Waals surface area contributed by atoms with Crippen molar-refractivity contribution in [1.82, 2.24) is 10.0 Å². The molecule has 0 aliphatic carbocycles. The number of sulfonamides is 1. The fourth-order valence-corrected chi connectivity index (χ4v) is 3.04. The molecule has 0 unspecified atom stereocenters. The number of hydrogen-bond acceptors (Lipinski definition) is 4. The Bertz CT molecular complexity index is 669. The standard InChI is InChI=1S/C17H26N2O4S/c1-4-5-6-7-12-19-17(20)11-9-14-8-10-15(23-3)16(13-14)24(21,22)18-2/h8-11,13,18H,4-7,12H2,1-3H3,(H,19,20)/b11-9+. The van der Waals surface area contributed by atoms with E-state index >= 15 is 0 Å². The number of hydrogen-bond donors (Lipinski definition) is 2. The molecule has 1 amide bonds. The third-order valence-corrected chi connectivity index (χ3v) is 4.94. The molecule has 2 N–H and O–H groups in total. The molecule has 0 bridgehead atoms. The Morgan fingerprint density at radius 2 is 2.00 bits per heavy atom. The number of nitrogens with one attached hydrogen (secondary N) is 2. The van der Waals surface area contributed by atoms with E-state index in [1.165, 1.54) is 32.7 Å². The lowest BCUT2D eigenvalue weighted by Crippen LogP contribution is -2.22. The van der Waals surface area contributed by atoms with Crippen molar-refractivity contribution in [1.29, 1.82) is 0 Å². The molecule has 0 fully saturated rings. The molecule has 6 nitrogen and oxygen atoms in total. The number of methoxy groups -OCH3 is 1. The second-order valence-electron chi connectivity index (χ2n) is 5.30. The van der Waals surface area contributed by atoms with Crippen molar-refractivity contribution >= 4 is 22.0 Å². The molecular weight excluding hydrogens is 328 g/mol. The predicted molar refractivity (Wildman–Crippen MR) is 95.4 cm³/mol. The molecule has 0 saturated heterocycles. The third kappa shape index (κ3) is 6.33. The Labute approximate surface area is 144 Å².